The van der Waals surface area contributed by atoms with Gasteiger partial charge in [0.2, 0.25) is 0 Å². The van der Waals surface area contributed by atoms with Gasteiger partial charge in [0.15, 0.2) is 5.82 Å². The third kappa shape index (κ3) is 3.20. The second kappa shape index (κ2) is 5.52. The number of nitrogens with zero attached hydrogens (tertiary/aromatic N) is 1. The SMILES string of the molecule is CC(C)c1cc(NC(=O)c2ccc(Br)c(F)c2)n[nH]1. The number of amides is 1. The Morgan fingerprint density at radius 3 is 2.74 bits per heavy atom. The van der Waals surface area contributed by atoms with Crippen LogP contribution in [0.2, 0.25) is 0 Å². The molecule has 0 spiro atoms. The fourth-order valence-corrected chi connectivity index (χ4v) is 1.77. The van der Waals surface area contributed by atoms with Crippen LogP contribution < -0.4 is 5.32 Å². The van der Waals surface area contributed by atoms with Gasteiger partial charge in [-0.1, -0.05) is 13.8 Å². The summed E-state index contributed by atoms with van der Waals surface area (Å²) in [7, 11) is 0. The first-order valence-electron chi connectivity index (χ1n) is 5.79. The van der Waals surface area contributed by atoms with E-state index in [1.54, 1.807) is 12.1 Å². The average molecular weight is 326 g/mol. The number of hydrogen-bond acceptors (Lipinski definition) is 2. The Kier molecular flexibility index (Phi) is 3.99. The van der Waals surface area contributed by atoms with Gasteiger partial charge >= 0.3 is 0 Å². The number of benzene rings is 1. The second-order valence-electron chi connectivity index (χ2n) is 4.45. The number of hydrogen-bond donors (Lipinski definition) is 2. The molecule has 0 saturated heterocycles. The van der Waals surface area contributed by atoms with E-state index >= 15 is 0 Å². The normalized spacial score (nSPS) is 10.8. The summed E-state index contributed by atoms with van der Waals surface area (Å²) in [5.41, 5.74) is 1.17. The van der Waals surface area contributed by atoms with Crippen molar-refractivity contribution < 1.29 is 9.18 Å². The molecule has 0 bridgehead atoms. The first-order chi connectivity index (χ1) is 8.97. The molecule has 2 aromatic rings. The number of carbonyl (C=O) groups excluding carboxylic acids is 1. The van der Waals surface area contributed by atoms with Crippen LogP contribution in [0.15, 0.2) is 28.7 Å². The van der Waals surface area contributed by atoms with Crippen LogP contribution in [0.25, 0.3) is 0 Å². The molecule has 2 N–H and O–H groups in total. The molecule has 4 nitrogen and oxygen atoms in total. The number of anilines is 1. The van der Waals surface area contributed by atoms with Gasteiger partial charge in [0.05, 0.1) is 4.47 Å². The van der Waals surface area contributed by atoms with Crippen LogP contribution in [-0.2, 0) is 0 Å². The summed E-state index contributed by atoms with van der Waals surface area (Å²) in [4.78, 5) is 11.9. The van der Waals surface area contributed by atoms with Crippen molar-refractivity contribution in [3.63, 3.8) is 0 Å². The Morgan fingerprint density at radius 2 is 2.16 bits per heavy atom. The minimum absolute atomic E-state index is 0.245. The van der Waals surface area contributed by atoms with E-state index in [1.165, 1.54) is 12.1 Å². The molecular formula is C13H13BrFN3O. The minimum Gasteiger partial charge on any atom is -0.305 e. The van der Waals surface area contributed by atoms with Crippen molar-refractivity contribution >= 4 is 27.7 Å². The lowest BCUT2D eigenvalue weighted by Crippen LogP contribution is -2.12. The van der Waals surface area contributed by atoms with Crippen molar-refractivity contribution in [3.8, 4) is 0 Å². The summed E-state index contributed by atoms with van der Waals surface area (Å²) in [6.45, 7) is 4.03. The number of aromatic nitrogens is 2. The first kappa shape index (κ1) is 13.7. The summed E-state index contributed by atoms with van der Waals surface area (Å²) < 4.78 is 13.7. The average Bonchev–Trinajstić information content (AvgIpc) is 2.81. The molecule has 0 atom stereocenters. The zero-order valence-electron chi connectivity index (χ0n) is 10.5. The fraction of sp³-hybridized carbons (Fsp3) is 0.231. The van der Waals surface area contributed by atoms with Gasteiger partial charge < -0.3 is 5.32 Å². The van der Waals surface area contributed by atoms with Crippen LogP contribution >= 0.6 is 15.9 Å². The fourth-order valence-electron chi connectivity index (χ4n) is 1.52. The molecule has 100 valence electrons. The van der Waals surface area contributed by atoms with E-state index in [2.05, 4.69) is 31.4 Å². The highest BCUT2D eigenvalue weighted by Crippen LogP contribution is 2.18. The highest BCUT2D eigenvalue weighted by atomic mass is 79.9. The van der Waals surface area contributed by atoms with Crippen molar-refractivity contribution in [2.75, 3.05) is 5.32 Å². The lowest BCUT2D eigenvalue weighted by molar-refractivity contribution is 0.102. The smallest absolute Gasteiger partial charge is 0.256 e. The van der Waals surface area contributed by atoms with Gasteiger partial charge in [-0.2, -0.15) is 5.10 Å². The number of aromatic amines is 1. The van der Waals surface area contributed by atoms with Crippen molar-refractivity contribution in [1.29, 1.82) is 0 Å². The maximum absolute atomic E-state index is 13.3. The van der Waals surface area contributed by atoms with E-state index in [1.807, 2.05) is 13.8 Å². The number of rotatable bonds is 3. The molecule has 1 aromatic heterocycles. The lowest BCUT2D eigenvalue weighted by Gasteiger charge is -2.02. The molecule has 19 heavy (non-hydrogen) atoms. The van der Waals surface area contributed by atoms with Gasteiger partial charge in [0.1, 0.15) is 5.82 Å². The predicted octanol–water partition coefficient (Wildman–Crippen LogP) is 3.69. The van der Waals surface area contributed by atoms with Crippen molar-refractivity contribution in [2.45, 2.75) is 19.8 Å². The van der Waals surface area contributed by atoms with Crippen LogP contribution in [0.1, 0.15) is 35.8 Å². The van der Waals surface area contributed by atoms with Gasteiger partial charge in [-0.15, -0.1) is 0 Å². The Hall–Kier alpha value is -1.69. The maximum atomic E-state index is 13.3. The molecular weight excluding hydrogens is 313 g/mol. The number of halogens is 2. The predicted molar refractivity (Wildman–Crippen MR) is 74.7 cm³/mol. The zero-order chi connectivity index (χ0) is 14.0. The molecule has 0 aliphatic rings. The largest absolute Gasteiger partial charge is 0.305 e. The molecule has 6 heteroatoms. The third-order valence-corrected chi connectivity index (χ3v) is 3.29. The first-order valence-corrected chi connectivity index (χ1v) is 6.58. The summed E-state index contributed by atoms with van der Waals surface area (Å²) in [6.07, 6.45) is 0. The molecule has 2 rings (SSSR count). The van der Waals surface area contributed by atoms with Crippen molar-refractivity contribution in [3.05, 3.63) is 45.8 Å². The molecule has 1 aromatic carbocycles. The van der Waals surface area contributed by atoms with Crippen LogP contribution in [0, 0.1) is 5.82 Å². The second-order valence-corrected chi connectivity index (χ2v) is 5.30. The Bertz CT molecular complexity index is 610. The molecule has 0 unspecified atom stereocenters. The number of H-pyrrole nitrogens is 1. The standard InChI is InChI=1S/C13H13BrFN3O/c1-7(2)11-6-12(18-17-11)16-13(19)8-3-4-9(14)10(15)5-8/h3-7H,1-2H3,(H2,16,17,18,19). The summed E-state index contributed by atoms with van der Waals surface area (Å²) in [5, 5.41) is 9.44. The maximum Gasteiger partial charge on any atom is 0.256 e. The summed E-state index contributed by atoms with van der Waals surface area (Å²) in [6, 6.07) is 5.97. The van der Waals surface area contributed by atoms with Gasteiger partial charge in [0.25, 0.3) is 5.91 Å². The van der Waals surface area contributed by atoms with Gasteiger partial charge in [0, 0.05) is 17.3 Å². The highest BCUT2D eigenvalue weighted by molar-refractivity contribution is 9.10. The Balaban J connectivity index is 2.13. The highest BCUT2D eigenvalue weighted by Gasteiger charge is 2.11. The van der Waals surface area contributed by atoms with E-state index in [9.17, 15) is 9.18 Å². The topological polar surface area (TPSA) is 57.8 Å². The Morgan fingerprint density at radius 1 is 1.42 bits per heavy atom. The molecule has 0 aliphatic heterocycles. The number of nitrogens with one attached hydrogen (secondary N) is 2. The molecule has 0 radical (unpaired) electrons. The molecule has 0 aliphatic carbocycles. The third-order valence-electron chi connectivity index (χ3n) is 2.64. The minimum atomic E-state index is -0.474. The Labute approximate surface area is 118 Å². The zero-order valence-corrected chi connectivity index (χ0v) is 12.1. The van der Waals surface area contributed by atoms with E-state index in [-0.39, 0.29) is 5.56 Å². The van der Waals surface area contributed by atoms with E-state index in [4.69, 9.17) is 0 Å². The molecule has 1 amide bonds. The van der Waals surface area contributed by atoms with E-state index in [0.717, 1.165) is 5.69 Å². The van der Waals surface area contributed by atoms with E-state index < -0.39 is 11.7 Å². The van der Waals surface area contributed by atoms with Crippen molar-refractivity contribution in [1.82, 2.24) is 10.2 Å². The monoisotopic (exact) mass is 325 g/mol. The lowest BCUT2D eigenvalue weighted by atomic mass is 10.1. The van der Waals surface area contributed by atoms with Crippen LogP contribution in [0.4, 0.5) is 10.2 Å². The quantitative estimate of drug-likeness (QED) is 0.904. The van der Waals surface area contributed by atoms with Gasteiger partial charge in [-0.25, -0.2) is 4.39 Å². The molecule has 0 saturated carbocycles. The van der Waals surface area contributed by atoms with Crippen molar-refractivity contribution in [2.24, 2.45) is 0 Å². The van der Waals surface area contributed by atoms with Gasteiger partial charge in [-0.05, 0) is 40.0 Å². The summed E-state index contributed by atoms with van der Waals surface area (Å²) in [5.74, 6) is -0.147. The van der Waals surface area contributed by atoms with Crippen LogP contribution in [0.3, 0.4) is 0 Å². The molecule has 1 heterocycles. The number of carbonyl (C=O) groups is 1. The molecule has 0 fully saturated rings. The van der Waals surface area contributed by atoms with E-state index in [0.29, 0.717) is 16.2 Å². The summed E-state index contributed by atoms with van der Waals surface area (Å²) >= 11 is 3.04. The van der Waals surface area contributed by atoms with Gasteiger partial charge in [-0.3, -0.25) is 9.89 Å². The van der Waals surface area contributed by atoms with Crippen LogP contribution in [-0.4, -0.2) is 16.1 Å². The van der Waals surface area contributed by atoms with Crippen LogP contribution in [0.5, 0.6) is 0 Å².